The van der Waals surface area contributed by atoms with E-state index in [1.807, 2.05) is 0 Å². The lowest BCUT2D eigenvalue weighted by atomic mass is 9.96. The number of hydrogen-bond acceptors (Lipinski definition) is 3. The van der Waals surface area contributed by atoms with Gasteiger partial charge in [0.2, 0.25) is 5.91 Å². The van der Waals surface area contributed by atoms with Crippen LogP contribution in [-0.4, -0.2) is 47.3 Å². The molecule has 6 heteroatoms. The Balaban J connectivity index is 2.35. The minimum atomic E-state index is -0.858. The second-order valence-corrected chi connectivity index (χ2v) is 6.39. The zero-order valence-corrected chi connectivity index (χ0v) is 13.4. The third kappa shape index (κ3) is 2.40. The second-order valence-electron chi connectivity index (χ2n) is 5.47. The predicted molar refractivity (Wildman–Crippen MR) is 81.3 cm³/mol. The number of nitrogen functional groups attached to an aromatic ring is 1. The smallest absolute Gasteiger partial charge is 0.256 e. The molecule has 1 aliphatic rings. The Morgan fingerprint density at radius 3 is 2.60 bits per heavy atom. The second kappa shape index (κ2) is 5.09. The van der Waals surface area contributed by atoms with Crippen LogP contribution >= 0.6 is 15.9 Å². The zero-order valence-electron chi connectivity index (χ0n) is 11.8. The van der Waals surface area contributed by atoms with Crippen molar-refractivity contribution in [3.63, 3.8) is 0 Å². The molecular formula is C14H18BrN3O2. The molecule has 1 aromatic rings. The van der Waals surface area contributed by atoms with Crippen molar-refractivity contribution in [3.05, 3.63) is 28.2 Å². The molecule has 2 amide bonds. The molecule has 5 nitrogen and oxygen atoms in total. The van der Waals surface area contributed by atoms with E-state index in [9.17, 15) is 9.59 Å². The quantitative estimate of drug-likeness (QED) is 0.792. The molecule has 0 unspecified atom stereocenters. The van der Waals surface area contributed by atoms with E-state index in [0.29, 0.717) is 24.3 Å². The van der Waals surface area contributed by atoms with Crippen molar-refractivity contribution < 1.29 is 9.59 Å². The molecule has 1 saturated heterocycles. The highest BCUT2D eigenvalue weighted by molar-refractivity contribution is 9.10. The first kappa shape index (κ1) is 14.8. The van der Waals surface area contributed by atoms with E-state index in [1.165, 1.54) is 0 Å². The van der Waals surface area contributed by atoms with Gasteiger partial charge in [0.25, 0.3) is 5.91 Å². The van der Waals surface area contributed by atoms with Crippen molar-refractivity contribution in [2.24, 2.45) is 0 Å². The average molecular weight is 340 g/mol. The molecule has 0 radical (unpaired) electrons. The molecule has 0 aliphatic carbocycles. The predicted octanol–water partition coefficient (Wildman–Crippen LogP) is 1.72. The van der Waals surface area contributed by atoms with Crippen LogP contribution in [-0.2, 0) is 4.79 Å². The molecule has 0 saturated carbocycles. The summed E-state index contributed by atoms with van der Waals surface area (Å²) in [6.07, 6.45) is 0. The van der Waals surface area contributed by atoms with Crippen molar-refractivity contribution >= 4 is 33.4 Å². The van der Waals surface area contributed by atoms with Crippen molar-refractivity contribution in [1.82, 2.24) is 9.80 Å². The topological polar surface area (TPSA) is 66.6 Å². The van der Waals surface area contributed by atoms with Crippen LogP contribution in [0.5, 0.6) is 0 Å². The number of amides is 2. The van der Waals surface area contributed by atoms with Gasteiger partial charge in [-0.3, -0.25) is 9.59 Å². The fourth-order valence-corrected chi connectivity index (χ4v) is 2.82. The maximum atomic E-state index is 12.7. The van der Waals surface area contributed by atoms with Gasteiger partial charge in [0.15, 0.2) is 0 Å². The standard InChI is InChI=1S/C14H18BrN3O2/c1-14(2)13(20)17(3)6-7-18(14)12(19)10-5-4-9(15)8-11(10)16/h4-5,8H,6-7,16H2,1-3H3. The van der Waals surface area contributed by atoms with Crippen molar-refractivity contribution in [3.8, 4) is 0 Å². The van der Waals surface area contributed by atoms with Gasteiger partial charge in [0, 0.05) is 30.3 Å². The highest BCUT2D eigenvalue weighted by Crippen LogP contribution is 2.27. The molecule has 1 aromatic carbocycles. The molecule has 20 heavy (non-hydrogen) atoms. The molecule has 0 spiro atoms. The van der Waals surface area contributed by atoms with Crippen LogP contribution in [0.4, 0.5) is 5.69 Å². The molecule has 1 fully saturated rings. The highest BCUT2D eigenvalue weighted by atomic mass is 79.9. The van der Waals surface area contributed by atoms with Crippen LogP contribution in [0.25, 0.3) is 0 Å². The lowest BCUT2D eigenvalue weighted by Gasteiger charge is -2.44. The summed E-state index contributed by atoms with van der Waals surface area (Å²) >= 11 is 3.32. The van der Waals surface area contributed by atoms with E-state index >= 15 is 0 Å². The summed E-state index contributed by atoms with van der Waals surface area (Å²) in [7, 11) is 1.75. The molecule has 1 heterocycles. The number of halogens is 1. The Labute approximate surface area is 126 Å². The van der Waals surface area contributed by atoms with Gasteiger partial charge < -0.3 is 15.5 Å². The summed E-state index contributed by atoms with van der Waals surface area (Å²) in [5, 5.41) is 0. The summed E-state index contributed by atoms with van der Waals surface area (Å²) in [4.78, 5) is 28.1. The maximum Gasteiger partial charge on any atom is 0.256 e. The molecule has 1 aliphatic heterocycles. The highest BCUT2D eigenvalue weighted by Gasteiger charge is 2.43. The van der Waals surface area contributed by atoms with Crippen LogP contribution in [0, 0.1) is 0 Å². The number of rotatable bonds is 1. The third-order valence-corrected chi connectivity index (χ3v) is 4.19. The number of carbonyl (C=O) groups excluding carboxylic acids is 2. The Morgan fingerprint density at radius 1 is 1.35 bits per heavy atom. The Hall–Kier alpha value is -1.56. The molecule has 0 bridgehead atoms. The first-order chi connectivity index (χ1) is 9.25. The fourth-order valence-electron chi connectivity index (χ4n) is 2.44. The lowest BCUT2D eigenvalue weighted by molar-refractivity contribution is -0.144. The molecule has 108 valence electrons. The van der Waals surface area contributed by atoms with Crippen LogP contribution < -0.4 is 5.73 Å². The third-order valence-electron chi connectivity index (χ3n) is 3.69. The zero-order chi connectivity index (χ0) is 15.1. The number of anilines is 1. The van der Waals surface area contributed by atoms with Gasteiger partial charge in [-0.05, 0) is 32.0 Å². The van der Waals surface area contributed by atoms with Gasteiger partial charge in [0.1, 0.15) is 5.54 Å². The van der Waals surface area contributed by atoms with Gasteiger partial charge >= 0.3 is 0 Å². The van der Waals surface area contributed by atoms with Gasteiger partial charge in [-0.1, -0.05) is 15.9 Å². The normalized spacial score (nSPS) is 18.3. The molecule has 0 atom stereocenters. The van der Waals surface area contributed by atoms with Crippen LogP contribution in [0.1, 0.15) is 24.2 Å². The first-order valence-electron chi connectivity index (χ1n) is 6.37. The van der Waals surface area contributed by atoms with E-state index in [-0.39, 0.29) is 11.8 Å². The minimum Gasteiger partial charge on any atom is -0.398 e. The number of nitrogens with two attached hydrogens (primary N) is 1. The van der Waals surface area contributed by atoms with Crippen LogP contribution in [0.3, 0.4) is 0 Å². The van der Waals surface area contributed by atoms with Crippen LogP contribution in [0.2, 0.25) is 0 Å². The van der Waals surface area contributed by atoms with Gasteiger partial charge in [0.05, 0.1) is 5.56 Å². The maximum absolute atomic E-state index is 12.7. The van der Waals surface area contributed by atoms with Crippen molar-refractivity contribution in [1.29, 1.82) is 0 Å². The lowest BCUT2D eigenvalue weighted by Crippen LogP contribution is -2.63. The molecular weight excluding hydrogens is 322 g/mol. The number of nitrogens with zero attached hydrogens (tertiary/aromatic N) is 2. The number of benzene rings is 1. The van der Waals surface area contributed by atoms with Gasteiger partial charge in [-0.2, -0.15) is 0 Å². The molecule has 0 aromatic heterocycles. The van der Waals surface area contributed by atoms with Crippen LogP contribution in [0.15, 0.2) is 22.7 Å². The first-order valence-corrected chi connectivity index (χ1v) is 7.17. The number of likely N-dealkylation sites (N-methyl/N-ethyl adjacent to an activating group) is 1. The summed E-state index contributed by atoms with van der Waals surface area (Å²) in [5.41, 5.74) is 5.89. The Kier molecular flexibility index (Phi) is 3.77. The fraction of sp³-hybridized carbons (Fsp3) is 0.429. The Morgan fingerprint density at radius 2 is 2.00 bits per heavy atom. The minimum absolute atomic E-state index is 0.0622. The summed E-state index contributed by atoms with van der Waals surface area (Å²) < 4.78 is 0.820. The van der Waals surface area contributed by atoms with Gasteiger partial charge in [-0.25, -0.2) is 0 Å². The van der Waals surface area contributed by atoms with Crippen molar-refractivity contribution in [2.75, 3.05) is 25.9 Å². The largest absolute Gasteiger partial charge is 0.398 e. The SMILES string of the molecule is CN1CCN(C(=O)c2ccc(Br)cc2N)C(C)(C)C1=O. The number of piperazine rings is 1. The van der Waals surface area contributed by atoms with E-state index in [4.69, 9.17) is 5.73 Å². The average Bonchev–Trinajstić information content (AvgIpc) is 2.35. The van der Waals surface area contributed by atoms with E-state index in [2.05, 4.69) is 15.9 Å². The van der Waals surface area contributed by atoms with Crippen molar-refractivity contribution in [2.45, 2.75) is 19.4 Å². The van der Waals surface area contributed by atoms with Gasteiger partial charge in [-0.15, -0.1) is 0 Å². The summed E-state index contributed by atoms with van der Waals surface area (Å²) in [5.74, 6) is -0.269. The number of hydrogen-bond donors (Lipinski definition) is 1. The Bertz CT molecular complexity index is 572. The van der Waals surface area contributed by atoms with E-state index in [1.54, 1.807) is 48.9 Å². The summed E-state index contributed by atoms with van der Waals surface area (Å²) in [6, 6.07) is 5.15. The number of carbonyl (C=O) groups is 2. The summed E-state index contributed by atoms with van der Waals surface area (Å²) in [6.45, 7) is 4.56. The monoisotopic (exact) mass is 339 g/mol. The van der Waals surface area contributed by atoms with E-state index < -0.39 is 5.54 Å². The molecule has 2 rings (SSSR count). The molecule has 2 N–H and O–H groups in total. The van der Waals surface area contributed by atoms with E-state index in [0.717, 1.165) is 4.47 Å².